The van der Waals surface area contributed by atoms with Crippen LogP contribution in [0.3, 0.4) is 0 Å². The fourth-order valence-corrected chi connectivity index (χ4v) is 3.59. The van der Waals surface area contributed by atoms with E-state index in [4.69, 9.17) is 4.74 Å². The maximum atomic E-state index is 12.7. The number of methoxy groups -OCH3 is 1. The van der Waals surface area contributed by atoms with Gasteiger partial charge in [-0.2, -0.15) is 0 Å². The number of esters is 1. The lowest BCUT2D eigenvalue weighted by Crippen LogP contribution is -2.42. The second-order valence-corrected chi connectivity index (χ2v) is 7.36. The first-order valence-corrected chi connectivity index (χ1v) is 10.0. The Morgan fingerprint density at radius 2 is 1.76 bits per heavy atom. The minimum Gasteiger partial charge on any atom is -0.469 e. The highest BCUT2D eigenvalue weighted by molar-refractivity contribution is 5.95. The van der Waals surface area contributed by atoms with Crippen LogP contribution in [0.15, 0.2) is 66.2 Å². The van der Waals surface area contributed by atoms with Crippen molar-refractivity contribution in [2.24, 2.45) is 5.92 Å². The van der Waals surface area contributed by atoms with Gasteiger partial charge in [0.2, 0.25) is 0 Å². The average Bonchev–Trinajstić information content (AvgIpc) is 2.78. The summed E-state index contributed by atoms with van der Waals surface area (Å²) in [7, 11) is 1.39. The predicted molar refractivity (Wildman–Crippen MR) is 114 cm³/mol. The van der Waals surface area contributed by atoms with Crippen LogP contribution in [0.2, 0.25) is 0 Å². The van der Waals surface area contributed by atoms with Gasteiger partial charge in [0.25, 0.3) is 5.91 Å². The van der Waals surface area contributed by atoms with E-state index in [0.29, 0.717) is 12.0 Å². The molecule has 0 aliphatic carbocycles. The molecule has 1 heterocycles. The molecule has 0 spiro atoms. The highest BCUT2D eigenvalue weighted by atomic mass is 16.5. The standard InChI is InChI=1S/C24H28N2O3/c1-17(22(24(28)29-2)16-18-12-14-25-15-13-18)26-23(27)21-10-8-20(9-11-21)19-6-4-3-5-7-19/h3-12,17,22,25H,13-16H2,1-2H3,(H,26,27)/t17-,22-/m1/s1. The number of ether oxygens (including phenoxy) is 1. The van der Waals surface area contributed by atoms with Crippen LogP contribution in [0.4, 0.5) is 0 Å². The van der Waals surface area contributed by atoms with Gasteiger partial charge in [0.1, 0.15) is 0 Å². The Morgan fingerprint density at radius 1 is 1.07 bits per heavy atom. The molecular weight excluding hydrogens is 364 g/mol. The third-order valence-electron chi connectivity index (χ3n) is 5.36. The van der Waals surface area contributed by atoms with Crippen LogP contribution in [0, 0.1) is 5.92 Å². The fourth-order valence-electron chi connectivity index (χ4n) is 3.59. The first-order chi connectivity index (χ1) is 14.1. The van der Waals surface area contributed by atoms with Crippen molar-refractivity contribution >= 4 is 11.9 Å². The molecule has 0 saturated heterocycles. The molecule has 2 atom stereocenters. The van der Waals surface area contributed by atoms with Gasteiger partial charge in [-0.1, -0.05) is 54.1 Å². The zero-order chi connectivity index (χ0) is 20.6. The van der Waals surface area contributed by atoms with Crippen LogP contribution in [-0.4, -0.2) is 38.1 Å². The zero-order valence-electron chi connectivity index (χ0n) is 17.0. The van der Waals surface area contributed by atoms with E-state index >= 15 is 0 Å². The van der Waals surface area contributed by atoms with E-state index in [-0.39, 0.29) is 17.9 Å². The summed E-state index contributed by atoms with van der Waals surface area (Å²) in [6, 6.07) is 17.2. The molecule has 5 heteroatoms. The highest BCUT2D eigenvalue weighted by Gasteiger charge is 2.28. The molecule has 0 radical (unpaired) electrons. The van der Waals surface area contributed by atoms with E-state index in [9.17, 15) is 9.59 Å². The Kier molecular flexibility index (Phi) is 7.19. The molecular formula is C24H28N2O3. The lowest BCUT2D eigenvalue weighted by molar-refractivity contribution is -0.146. The molecule has 0 bridgehead atoms. The molecule has 1 amide bonds. The molecule has 1 aliphatic rings. The summed E-state index contributed by atoms with van der Waals surface area (Å²) in [5, 5.41) is 6.25. The molecule has 2 aromatic carbocycles. The lowest BCUT2D eigenvalue weighted by Gasteiger charge is -2.25. The van der Waals surface area contributed by atoms with Crippen LogP contribution in [0.25, 0.3) is 11.1 Å². The van der Waals surface area contributed by atoms with Gasteiger partial charge in [-0.15, -0.1) is 0 Å². The smallest absolute Gasteiger partial charge is 0.311 e. The largest absolute Gasteiger partial charge is 0.469 e. The van der Waals surface area contributed by atoms with E-state index in [1.807, 2.05) is 61.5 Å². The average molecular weight is 392 g/mol. The number of amides is 1. The van der Waals surface area contributed by atoms with Gasteiger partial charge in [0.05, 0.1) is 13.0 Å². The molecule has 0 saturated carbocycles. The second kappa shape index (κ2) is 10.0. The SMILES string of the molecule is COC(=O)[C@H](CC1=CCNCC1)[C@@H](C)NC(=O)c1ccc(-c2ccccc2)cc1. The third-order valence-corrected chi connectivity index (χ3v) is 5.36. The Hall–Kier alpha value is -2.92. The molecule has 1 aliphatic heterocycles. The van der Waals surface area contributed by atoms with Crippen LogP contribution >= 0.6 is 0 Å². The number of hydrogen-bond acceptors (Lipinski definition) is 4. The third kappa shape index (κ3) is 5.55. The first kappa shape index (κ1) is 20.8. The van der Waals surface area contributed by atoms with Gasteiger partial charge >= 0.3 is 5.97 Å². The van der Waals surface area contributed by atoms with E-state index < -0.39 is 5.92 Å². The Labute approximate surface area is 172 Å². The number of carbonyl (C=O) groups is 2. The van der Waals surface area contributed by atoms with Crippen molar-refractivity contribution in [3.8, 4) is 11.1 Å². The number of benzene rings is 2. The van der Waals surface area contributed by atoms with Crippen molar-refractivity contribution in [3.63, 3.8) is 0 Å². The number of rotatable bonds is 7. The number of hydrogen-bond donors (Lipinski definition) is 2. The molecule has 29 heavy (non-hydrogen) atoms. The topological polar surface area (TPSA) is 67.4 Å². The van der Waals surface area contributed by atoms with Gasteiger partial charge in [-0.05, 0) is 49.6 Å². The first-order valence-electron chi connectivity index (χ1n) is 10.0. The van der Waals surface area contributed by atoms with Crippen molar-refractivity contribution in [3.05, 3.63) is 71.8 Å². The summed E-state index contributed by atoms with van der Waals surface area (Å²) in [6.07, 6.45) is 3.63. The maximum absolute atomic E-state index is 12.7. The summed E-state index contributed by atoms with van der Waals surface area (Å²) in [5.74, 6) is -0.890. The van der Waals surface area contributed by atoms with Gasteiger partial charge in [0, 0.05) is 18.2 Å². The van der Waals surface area contributed by atoms with Gasteiger partial charge in [0.15, 0.2) is 0 Å². The molecule has 2 aromatic rings. The summed E-state index contributed by atoms with van der Waals surface area (Å²) in [4.78, 5) is 25.1. The van der Waals surface area contributed by atoms with Crippen molar-refractivity contribution in [1.82, 2.24) is 10.6 Å². The van der Waals surface area contributed by atoms with E-state index in [1.54, 1.807) is 0 Å². The maximum Gasteiger partial charge on any atom is 0.311 e. The van der Waals surface area contributed by atoms with Crippen molar-refractivity contribution in [1.29, 1.82) is 0 Å². The Balaban J connectivity index is 1.67. The zero-order valence-corrected chi connectivity index (χ0v) is 17.0. The van der Waals surface area contributed by atoms with E-state index in [0.717, 1.165) is 30.6 Å². The summed E-state index contributed by atoms with van der Waals surface area (Å²) in [6.45, 7) is 3.59. The molecule has 0 aromatic heterocycles. The molecule has 5 nitrogen and oxygen atoms in total. The van der Waals surface area contributed by atoms with Crippen LogP contribution in [0.5, 0.6) is 0 Å². The van der Waals surface area contributed by atoms with Crippen molar-refractivity contribution in [2.45, 2.75) is 25.8 Å². The van der Waals surface area contributed by atoms with E-state index in [2.05, 4.69) is 16.7 Å². The molecule has 0 unspecified atom stereocenters. The molecule has 0 fully saturated rings. The number of carbonyl (C=O) groups excluding carboxylic acids is 2. The van der Waals surface area contributed by atoms with Gasteiger partial charge in [-0.25, -0.2) is 0 Å². The summed E-state index contributed by atoms with van der Waals surface area (Å²) < 4.78 is 4.99. The fraction of sp³-hybridized carbons (Fsp3) is 0.333. The Morgan fingerprint density at radius 3 is 2.38 bits per heavy atom. The summed E-state index contributed by atoms with van der Waals surface area (Å²) >= 11 is 0. The normalized spacial score (nSPS) is 15.7. The monoisotopic (exact) mass is 392 g/mol. The van der Waals surface area contributed by atoms with Crippen molar-refractivity contribution < 1.29 is 14.3 Å². The quantitative estimate of drug-likeness (QED) is 0.558. The molecule has 3 rings (SSSR count). The van der Waals surface area contributed by atoms with Gasteiger partial charge in [-0.3, -0.25) is 9.59 Å². The highest BCUT2D eigenvalue weighted by Crippen LogP contribution is 2.22. The van der Waals surface area contributed by atoms with Gasteiger partial charge < -0.3 is 15.4 Å². The second-order valence-electron chi connectivity index (χ2n) is 7.36. The minimum atomic E-state index is -0.406. The van der Waals surface area contributed by atoms with Crippen LogP contribution < -0.4 is 10.6 Å². The minimum absolute atomic E-state index is 0.190. The number of nitrogens with one attached hydrogen (secondary N) is 2. The Bertz CT molecular complexity index is 859. The molecule has 2 N–H and O–H groups in total. The molecule has 152 valence electrons. The van der Waals surface area contributed by atoms with Crippen molar-refractivity contribution in [2.75, 3.05) is 20.2 Å². The summed E-state index contributed by atoms with van der Waals surface area (Å²) in [5.41, 5.74) is 3.96. The van der Waals surface area contributed by atoms with Crippen LogP contribution in [-0.2, 0) is 9.53 Å². The van der Waals surface area contributed by atoms with Crippen LogP contribution in [0.1, 0.15) is 30.1 Å². The predicted octanol–water partition coefficient (Wildman–Crippen LogP) is 3.57. The van der Waals surface area contributed by atoms with E-state index in [1.165, 1.54) is 12.7 Å². The lowest BCUT2D eigenvalue weighted by atomic mass is 9.90.